The number of aromatic nitrogens is 2. The van der Waals surface area contributed by atoms with Crippen LogP contribution in [0.2, 0.25) is 0 Å². The average molecular weight is 283 g/mol. The van der Waals surface area contributed by atoms with Gasteiger partial charge >= 0.3 is 0 Å². The van der Waals surface area contributed by atoms with Gasteiger partial charge in [0.15, 0.2) is 0 Å². The van der Waals surface area contributed by atoms with Crippen molar-refractivity contribution in [3.8, 4) is 11.4 Å². The van der Waals surface area contributed by atoms with E-state index >= 15 is 0 Å². The van der Waals surface area contributed by atoms with Crippen molar-refractivity contribution in [2.24, 2.45) is 0 Å². The molecule has 1 saturated heterocycles. The van der Waals surface area contributed by atoms with Gasteiger partial charge < -0.3 is 15.0 Å². The van der Waals surface area contributed by atoms with Crippen LogP contribution in [0.1, 0.15) is 43.3 Å². The molecule has 1 aromatic heterocycles. The Hall–Kier alpha value is -1.81. The van der Waals surface area contributed by atoms with Crippen LogP contribution in [0.15, 0.2) is 30.3 Å². The fourth-order valence-electron chi connectivity index (χ4n) is 3.21. The van der Waals surface area contributed by atoms with Gasteiger partial charge in [-0.15, -0.1) is 0 Å². The molecule has 1 aromatic carbocycles. The van der Waals surface area contributed by atoms with Crippen molar-refractivity contribution in [3.05, 3.63) is 36.0 Å². The molecule has 21 heavy (non-hydrogen) atoms. The number of anilines is 1. The van der Waals surface area contributed by atoms with Crippen molar-refractivity contribution < 1.29 is 4.74 Å². The van der Waals surface area contributed by atoms with Gasteiger partial charge in [0.25, 0.3) is 0 Å². The summed E-state index contributed by atoms with van der Waals surface area (Å²) < 4.78 is 7.87. The van der Waals surface area contributed by atoms with Gasteiger partial charge in [-0.3, -0.25) is 0 Å². The van der Waals surface area contributed by atoms with E-state index in [2.05, 4.69) is 28.8 Å². The highest BCUT2D eigenvalue weighted by Crippen LogP contribution is 2.43. The maximum Gasteiger partial charge on any atom is 0.142 e. The van der Waals surface area contributed by atoms with Crippen LogP contribution in [-0.2, 0) is 4.74 Å². The van der Waals surface area contributed by atoms with E-state index in [0.29, 0.717) is 12.0 Å². The van der Waals surface area contributed by atoms with Gasteiger partial charge in [0.1, 0.15) is 11.6 Å². The molecule has 0 amide bonds. The second kappa shape index (κ2) is 5.19. The lowest BCUT2D eigenvalue weighted by molar-refractivity contribution is 0.0796. The monoisotopic (exact) mass is 283 g/mol. The van der Waals surface area contributed by atoms with Crippen LogP contribution < -0.4 is 5.73 Å². The second-order valence-corrected chi connectivity index (χ2v) is 6.09. The molecule has 1 saturated carbocycles. The Labute approximate surface area is 124 Å². The normalized spacial score (nSPS) is 22.4. The molecule has 1 atom stereocenters. The molecule has 2 aromatic rings. The number of rotatable bonds is 3. The highest BCUT2D eigenvalue weighted by atomic mass is 16.5. The first-order valence-corrected chi connectivity index (χ1v) is 7.85. The molecule has 0 spiro atoms. The van der Waals surface area contributed by atoms with Gasteiger partial charge in [-0.2, -0.15) is 0 Å². The fraction of sp³-hybridized carbons (Fsp3) is 0.471. The van der Waals surface area contributed by atoms with Crippen LogP contribution in [0.25, 0.3) is 11.4 Å². The summed E-state index contributed by atoms with van der Waals surface area (Å²) in [6.07, 6.45) is 4.64. The molecule has 2 heterocycles. The SMILES string of the molecule is Nc1c(C2CCCOC2)nc(-c2ccccc2)n1C1CC1. The Morgan fingerprint density at radius 3 is 2.62 bits per heavy atom. The third kappa shape index (κ3) is 2.33. The van der Waals surface area contributed by atoms with E-state index in [1.807, 2.05) is 6.07 Å². The summed E-state index contributed by atoms with van der Waals surface area (Å²) in [5.41, 5.74) is 8.65. The summed E-state index contributed by atoms with van der Waals surface area (Å²) in [5, 5.41) is 0. The molecule has 4 heteroatoms. The standard InChI is InChI=1S/C17H21N3O/c18-16-15(13-7-4-10-21-11-13)19-17(20(16)14-8-9-14)12-5-2-1-3-6-12/h1-3,5-6,13-14H,4,7-11,18H2. The van der Waals surface area contributed by atoms with Crippen molar-refractivity contribution >= 4 is 5.82 Å². The van der Waals surface area contributed by atoms with E-state index in [1.54, 1.807) is 0 Å². The van der Waals surface area contributed by atoms with E-state index in [9.17, 15) is 0 Å². The zero-order valence-electron chi connectivity index (χ0n) is 12.2. The first-order valence-electron chi connectivity index (χ1n) is 7.85. The molecule has 110 valence electrons. The number of nitrogens with two attached hydrogens (primary N) is 1. The van der Waals surface area contributed by atoms with Crippen LogP contribution in [-0.4, -0.2) is 22.8 Å². The maximum atomic E-state index is 6.46. The Balaban J connectivity index is 1.79. The van der Waals surface area contributed by atoms with Gasteiger partial charge in [-0.25, -0.2) is 4.98 Å². The number of nitrogens with zero attached hydrogens (tertiary/aromatic N) is 2. The van der Waals surface area contributed by atoms with E-state index < -0.39 is 0 Å². The summed E-state index contributed by atoms with van der Waals surface area (Å²) in [6, 6.07) is 10.9. The highest BCUT2D eigenvalue weighted by molar-refractivity contribution is 5.61. The summed E-state index contributed by atoms with van der Waals surface area (Å²) >= 11 is 0. The molecule has 2 aliphatic rings. The lowest BCUT2D eigenvalue weighted by Crippen LogP contribution is -2.17. The molecule has 1 aliphatic heterocycles. The third-order valence-corrected chi connectivity index (χ3v) is 4.47. The largest absolute Gasteiger partial charge is 0.384 e. The Morgan fingerprint density at radius 2 is 1.95 bits per heavy atom. The predicted molar refractivity (Wildman–Crippen MR) is 83.1 cm³/mol. The number of imidazole rings is 1. The second-order valence-electron chi connectivity index (χ2n) is 6.09. The number of ether oxygens (including phenoxy) is 1. The lowest BCUT2D eigenvalue weighted by Gasteiger charge is -2.21. The number of benzene rings is 1. The van der Waals surface area contributed by atoms with Gasteiger partial charge in [0.05, 0.1) is 12.3 Å². The van der Waals surface area contributed by atoms with Crippen molar-refractivity contribution in [2.75, 3.05) is 18.9 Å². The summed E-state index contributed by atoms with van der Waals surface area (Å²) in [4.78, 5) is 4.92. The molecule has 4 nitrogen and oxygen atoms in total. The van der Waals surface area contributed by atoms with Crippen LogP contribution in [0.5, 0.6) is 0 Å². The van der Waals surface area contributed by atoms with Gasteiger partial charge in [0, 0.05) is 24.1 Å². The van der Waals surface area contributed by atoms with E-state index in [4.69, 9.17) is 15.5 Å². The summed E-state index contributed by atoms with van der Waals surface area (Å²) in [5.74, 6) is 2.23. The smallest absolute Gasteiger partial charge is 0.142 e. The zero-order chi connectivity index (χ0) is 14.2. The van der Waals surface area contributed by atoms with Gasteiger partial charge in [-0.1, -0.05) is 30.3 Å². The number of hydrogen-bond acceptors (Lipinski definition) is 3. The van der Waals surface area contributed by atoms with Crippen molar-refractivity contribution in [1.82, 2.24) is 9.55 Å². The topological polar surface area (TPSA) is 53.1 Å². The predicted octanol–water partition coefficient (Wildman–Crippen LogP) is 3.36. The van der Waals surface area contributed by atoms with Crippen LogP contribution in [0, 0.1) is 0 Å². The van der Waals surface area contributed by atoms with Crippen LogP contribution in [0.3, 0.4) is 0 Å². The van der Waals surface area contributed by atoms with E-state index in [-0.39, 0.29) is 0 Å². The molecular weight excluding hydrogens is 262 g/mol. The molecule has 2 fully saturated rings. The average Bonchev–Trinajstić information content (AvgIpc) is 3.32. The molecule has 2 N–H and O–H groups in total. The highest BCUT2D eigenvalue weighted by Gasteiger charge is 2.32. The summed E-state index contributed by atoms with van der Waals surface area (Å²) in [7, 11) is 0. The molecule has 4 rings (SSSR count). The molecule has 0 bridgehead atoms. The zero-order valence-corrected chi connectivity index (χ0v) is 12.2. The quantitative estimate of drug-likeness (QED) is 0.939. The Kier molecular flexibility index (Phi) is 3.19. The van der Waals surface area contributed by atoms with Crippen LogP contribution >= 0.6 is 0 Å². The third-order valence-electron chi connectivity index (χ3n) is 4.47. The van der Waals surface area contributed by atoms with E-state index in [1.165, 1.54) is 12.8 Å². The maximum absolute atomic E-state index is 6.46. The van der Waals surface area contributed by atoms with E-state index in [0.717, 1.165) is 49.0 Å². The molecule has 1 unspecified atom stereocenters. The van der Waals surface area contributed by atoms with Crippen molar-refractivity contribution in [3.63, 3.8) is 0 Å². The Bertz CT molecular complexity index is 625. The fourth-order valence-corrected chi connectivity index (χ4v) is 3.21. The Morgan fingerprint density at radius 1 is 1.14 bits per heavy atom. The summed E-state index contributed by atoms with van der Waals surface area (Å²) in [6.45, 7) is 1.62. The number of nitrogen functional groups attached to an aromatic ring is 1. The van der Waals surface area contributed by atoms with Crippen molar-refractivity contribution in [1.29, 1.82) is 0 Å². The lowest BCUT2D eigenvalue weighted by atomic mass is 9.98. The molecular formula is C17H21N3O. The number of hydrogen-bond donors (Lipinski definition) is 1. The minimum atomic E-state index is 0.348. The minimum Gasteiger partial charge on any atom is -0.384 e. The molecule has 0 radical (unpaired) electrons. The first-order chi connectivity index (χ1) is 10.3. The van der Waals surface area contributed by atoms with Gasteiger partial charge in [0.2, 0.25) is 0 Å². The first kappa shape index (κ1) is 12.9. The molecule has 1 aliphatic carbocycles. The van der Waals surface area contributed by atoms with Gasteiger partial charge in [-0.05, 0) is 25.7 Å². The minimum absolute atomic E-state index is 0.348. The van der Waals surface area contributed by atoms with Crippen molar-refractivity contribution in [2.45, 2.75) is 37.6 Å². The van der Waals surface area contributed by atoms with Crippen LogP contribution in [0.4, 0.5) is 5.82 Å².